The lowest BCUT2D eigenvalue weighted by atomic mass is 10.0. The van der Waals surface area contributed by atoms with Crippen LogP contribution in [0.25, 0.3) is 11.5 Å². The molecule has 0 bridgehead atoms. The highest BCUT2D eigenvalue weighted by molar-refractivity contribution is 5.53. The molecule has 0 radical (unpaired) electrons. The van der Waals surface area contributed by atoms with Crippen LogP contribution in [0.5, 0.6) is 0 Å². The van der Waals surface area contributed by atoms with Crippen LogP contribution in [0.3, 0.4) is 0 Å². The summed E-state index contributed by atoms with van der Waals surface area (Å²) < 4.78 is 6.16. The molecule has 0 unspecified atom stereocenters. The lowest BCUT2D eigenvalue weighted by Gasteiger charge is -2.28. The summed E-state index contributed by atoms with van der Waals surface area (Å²) in [7, 11) is 0. The molecular weight excluding hydrogens is 322 g/mol. The Balaban J connectivity index is 1.68. The zero-order valence-electron chi connectivity index (χ0n) is 15.3. The highest BCUT2D eigenvalue weighted by atomic mass is 16.4. The van der Waals surface area contributed by atoms with Gasteiger partial charge < -0.3 is 4.42 Å². The average molecular weight is 347 g/mol. The van der Waals surface area contributed by atoms with Crippen molar-refractivity contribution in [3.05, 3.63) is 71.6 Å². The number of benzene rings is 2. The van der Waals surface area contributed by atoms with Crippen molar-refractivity contribution >= 4 is 0 Å². The molecule has 4 rings (SSSR count). The normalized spacial score (nSPS) is 17.0. The molecule has 1 aliphatic heterocycles. The van der Waals surface area contributed by atoms with E-state index in [2.05, 4.69) is 64.5 Å². The smallest absolute Gasteiger partial charge is 0.247 e. The second kappa shape index (κ2) is 7.83. The fourth-order valence-corrected chi connectivity index (χ4v) is 3.66. The minimum Gasteiger partial charge on any atom is -0.419 e. The van der Waals surface area contributed by atoms with Gasteiger partial charge in [-0.05, 0) is 50.6 Å². The molecule has 0 saturated carbocycles. The molecule has 0 N–H and O–H groups in total. The van der Waals surface area contributed by atoms with Gasteiger partial charge in [0.1, 0.15) is 6.04 Å². The molecule has 2 aromatic carbocycles. The van der Waals surface area contributed by atoms with Crippen molar-refractivity contribution in [3.8, 4) is 11.5 Å². The maximum absolute atomic E-state index is 6.16. The third kappa shape index (κ3) is 3.70. The maximum Gasteiger partial charge on any atom is 0.247 e. The second-order valence-electron chi connectivity index (χ2n) is 7.07. The van der Waals surface area contributed by atoms with E-state index in [1.165, 1.54) is 36.8 Å². The molecule has 3 aromatic rings. The van der Waals surface area contributed by atoms with E-state index in [1.54, 1.807) is 0 Å². The van der Waals surface area contributed by atoms with E-state index in [9.17, 15) is 0 Å². The van der Waals surface area contributed by atoms with Gasteiger partial charge in [0.15, 0.2) is 0 Å². The molecule has 4 heteroatoms. The zero-order chi connectivity index (χ0) is 17.8. The first kappa shape index (κ1) is 17.0. The Hall–Kier alpha value is -2.46. The Morgan fingerprint density at radius 1 is 0.846 bits per heavy atom. The summed E-state index contributed by atoms with van der Waals surface area (Å²) in [6.45, 7) is 4.22. The summed E-state index contributed by atoms with van der Waals surface area (Å²) >= 11 is 0. The standard InChI is InChI=1S/C22H25N3O/c1-17-11-13-19(14-12-17)21-23-24-22(26-21)20(18-9-5-4-6-10-18)25-15-7-2-3-8-16-25/h4-6,9-14,20H,2-3,7-8,15-16H2,1H3/t20-/m1/s1. The van der Waals surface area contributed by atoms with Crippen LogP contribution in [0.2, 0.25) is 0 Å². The Labute approximate surface area is 154 Å². The molecule has 2 heterocycles. The van der Waals surface area contributed by atoms with Crippen LogP contribution in [0.15, 0.2) is 59.0 Å². The van der Waals surface area contributed by atoms with E-state index in [1.807, 2.05) is 12.1 Å². The van der Waals surface area contributed by atoms with Crippen LogP contribution in [-0.4, -0.2) is 28.2 Å². The minimum absolute atomic E-state index is 0.0287. The van der Waals surface area contributed by atoms with Gasteiger partial charge in [0, 0.05) is 5.56 Å². The fourth-order valence-electron chi connectivity index (χ4n) is 3.66. The topological polar surface area (TPSA) is 42.2 Å². The van der Waals surface area contributed by atoms with Gasteiger partial charge in [-0.15, -0.1) is 10.2 Å². The Kier molecular flexibility index (Phi) is 5.12. The van der Waals surface area contributed by atoms with Crippen molar-refractivity contribution in [2.75, 3.05) is 13.1 Å². The number of nitrogens with zero attached hydrogens (tertiary/aromatic N) is 3. The van der Waals surface area contributed by atoms with Gasteiger partial charge in [0.05, 0.1) is 0 Å². The van der Waals surface area contributed by atoms with E-state index in [-0.39, 0.29) is 6.04 Å². The van der Waals surface area contributed by atoms with Crippen LogP contribution in [0.1, 0.15) is 48.7 Å². The summed E-state index contributed by atoms with van der Waals surface area (Å²) in [5, 5.41) is 8.78. The molecule has 0 amide bonds. The molecule has 1 aliphatic rings. The quantitative estimate of drug-likeness (QED) is 0.665. The lowest BCUT2D eigenvalue weighted by Crippen LogP contribution is -2.30. The first-order chi connectivity index (χ1) is 12.8. The van der Waals surface area contributed by atoms with Crippen molar-refractivity contribution in [1.82, 2.24) is 15.1 Å². The van der Waals surface area contributed by atoms with E-state index in [4.69, 9.17) is 4.42 Å². The van der Waals surface area contributed by atoms with Gasteiger partial charge in [0.2, 0.25) is 11.8 Å². The summed E-state index contributed by atoms with van der Waals surface area (Å²) in [4.78, 5) is 2.49. The number of likely N-dealkylation sites (tertiary alicyclic amines) is 1. The summed E-state index contributed by atoms with van der Waals surface area (Å²) in [5.74, 6) is 1.28. The molecule has 134 valence electrons. The highest BCUT2D eigenvalue weighted by Gasteiger charge is 2.28. The lowest BCUT2D eigenvalue weighted by molar-refractivity contribution is 0.206. The number of hydrogen-bond donors (Lipinski definition) is 0. The van der Waals surface area contributed by atoms with Crippen LogP contribution < -0.4 is 0 Å². The minimum atomic E-state index is 0.0287. The van der Waals surface area contributed by atoms with E-state index in [0.29, 0.717) is 11.8 Å². The molecule has 26 heavy (non-hydrogen) atoms. The maximum atomic E-state index is 6.16. The molecule has 4 nitrogen and oxygen atoms in total. The molecule has 0 spiro atoms. The van der Waals surface area contributed by atoms with Crippen molar-refractivity contribution in [2.24, 2.45) is 0 Å². The van der Waals surface area contributed by atoms with Crippen LogP contribution >= 0.6 is 0 Å². The summed E-state index contributed by atoms with van der Waals surface area (Å²) in [5.41, 5.74) is 3.41. The largest absolute Gasteiger partial charge is 0.419 e. The van der Waals surface area contributed by atoms with Crippen LogP contribution in [-0.2, 0) is 0 Å². The van der Waals surface area contributed by atoms with Crippen molar-refractivity contribution in [1.29, 1.82) is 0 Å². The van der Waals surface area contributed by atoms with Gasteiger partial charge in [-0.25, -0.2) is 0 Å². The number of rotatable bonds is 4. The van der Waals surface area contributed by atoms with Gasteiger partial charge in [-0.3, -0.25) is 4.90 Å². The molecular formula is C22H25N3O. The highest BCUT2D eigenvalue weighted by Crippen LogP contribution is 2.31. The van der Waals surface area contributed by atoms with E-state index < -0.39 is 0 Å². The monoisotopic (exact) mass is 347 g/mol. The van der Waals surface area contributed by atoms with Gasteiger partial charge in [-0.1, -0.05) is 60.9 Å². The summed E-state index contributed by atoms with van der Waals surface area (Å²) in [6.07, 6.45) is 5.05. The van der Waals surface area contributed by atoms with Crippen molar-refractivity contribution in [3.63, 3.8) is 0 Å². The van der Waals surface area contributed by atoms with E-state index in [0.717, 1.165) is 18.7 Å². The van der Waals surface area contributed by atoms with Crippen LogP contribution in [0, 0.1) is 6.92 Å². The Bertz CT molecular complexity index is 818. The zero-order valence-corrected chi connectivity index (χ0v) is 15.3. The third-order valence-electron chi connectivity index (χ3n) is 5.09. The Morgan fingerprint density at radius 3 is 2.23 bits per heavy atom. The number of aryl methyl sites for hydroxylation is 1. The SMILES string of the molecule is Cc1ccc(-c2nnc([C@@H](c3ccccc3)N3CCCCCC3)o2)cc1. The third-order valence-corrected chi connectivity index (χ3v) is 5.09. The molecule has 1 fully saturated rings. The predicted molar refractivity (Wildman–Crippen MR) is 103 cm³/mol. The molecule has 0 aliphatic carbocycles. The van der Waals surface area contributed by atoms with Crippen molar-refractivity contribution in [2.45, 2.75) is 38.6 Å². The summed E-state index contributed by atoms with van der Waals surface area (Å²) in [6, 6.07) is 18.8. The number of aromatic nitrogens is 2. The number of hydrogen-bond acceptors (Lipinski definition) is 4. The Morgan fingerprint density at radius 2 is 1.54 bits per heavy atom. The van der Waals surface area contributed by atoms with Crippen molar-refractivity contribution < 1.29 is 4.42 Å². The molecule has 1 saturated heterocycles. The first-order valence-electron chi connectivity index (χ1n) is 9.51. The average Bonchev–Trinajstić information content (AvgIpc) is 2.99. The second-order valence-corrected chi connectivity index (χ2v) is 7.07. The molecule has 1 atom stereocenters. The van der Waals surface area contributed by atoms with Gasteiger partial charge in [0.25, 0.3) is 0 Å². The van der Waals surface area contributed by atoms with Gasteiger partial charge in [-0.2, -0.15) is 0 Å². The predicted octanol–water partition coefficient (Wildman–Crippen LogP) is 5.01. The molecule has 1 aromatic heterocycles. The first-order valence-corrected chi connectivity index (χ1v) is 9.51. The van der Waals surface area contributed by atoms with E-state index >= 15 is 0 Å². The van der Waals surface area contributed by atoms with Gasteiger partial charge >= 0.3 is 0 Å². The fraction of sp³-hybridized carbons (Fsp3) is 0.364. The van der Waals surface area contributed by atoms with Crippen LogP contribution in [0.4, 0.5) is 0 Å².